The predicted octanol–water partition coefficient (Wildman–Crippen LogP) is 1.03. The van der Waals surface area contributed by atoms with Gasteiger partial charge in [-0.05, 0) is 22.9 Å². The van der Waals surface area contributed by atoms with Crippen LogP contribution in [0.1, 0.15) is 24.2 Å². The molecule has 0 aromatic carbocycles. The van der Waals surface area contributed by atoms with E-state index in [0.29, 0.717) is 43.0 Å². The molecule has 0 aliphatic carbocycles. The highest BCUT2D eigenvalue weighted by molar-refractivity contribution is 9.10. The number of rotatable bonds is 3. The van der Waals surface area contributed by atoms with Gasteiger partial charge in [0.25, 0.3) is 0 Å². The number of amides is 1. The molecule has 0 unspecified atom stereocenters. The number of aryl methyl sites for hydroxylation is 1. The summed E-state index contributed by atoms with van der Waals surface area (Å²) >= 11 is 3.32. The molecule has 0 saturated carbocycles. The number of aromatic nitrogens is 2. The summed E-state index contributed by atoms with van der Waals surface area (Å²) in [4.78, 5) is 27.4. The van der Waals surface area contributed by atoms with E-state index in [1.165, 1.54) is 0 Å². The third kappa shape index (κ3) is 3.20. The lowest BCUT2D eigenvalue weighted by molar-refractivity contribution is -0.129. The fourth-order valence-electron chi connectivity index (χ4n) is 2.46. The van der Waals surface area contributed by atoms with Crippen LogP contribution in [0.4, 0.5) is 5.82 Å². The van der Waals surface area contributed by atoms with Gasteiger partial charge in [-0.1, -0.05) is 0 Å². The number of carbonyl (C=O) groups is 2. The number of piperazine rings is 1. The third-order valence-electron chi connectivity index (χ3n) is 3.48. The molecule has 0 N–H and O–H groups in total. The van der Waals surface area contributed by atoms with Crippen molar-refractivity contribution in [3.8, 4) is 0 Å². The van der Waals surface area contributed by atoms with Gasteiger partial charge in [0, 0.05) is 40.2 Å². The second-order valence-electron chi connectivity index (χ2n) is 4.83. The number of hydrogen-bond acceptors (Lipinski definition) is 5. The summed E-state index contributed by atoms with van der Waals surface area (Å²) in [6.07, 6.45) is 0. The maximum Gasteiger partial charge on any atom is 0.344 e. The van der Waals surface area contributed by atoms with Crippen molar-refractivity contribution in [2.45, 2.75) is 13.8 Å². The molecule has 1 aliphatic rings. The standard InChI is InChI=1S/C13H19BrN4O3/c1-4-21-13(20)10-11(14)15-16(3)12(10)18-7-5-17(6-8-18)9(2)19/h4-8H2,1-3H3. The van der Waals surface area contributed by atoms with Crippen LogP contribution in [0.15, 0.2) is 4.60 Å². The summed E-state index contributed by atoms with van der Waals surface area (Å²) in [5.41, 5.74) is 0.440. The number of nitrogens with zero attached hydrogens (tertiary/aromatic N) is 4. The lowest BCUT2D eigenvalue weighted by atomic mass is 10.2. The highest BCUT2D eigenvalue weighted by Gasteiger charge is 2.29. The Labute approximate surface area is 132 Å². The van der Waals surface area contributed by atoms with Crippen molar-refractivity contribution in [2.24, 2.45) is 7.05 Å². The van der Waals surface area contributed by atoms with Gasteiger partial charge < -0.3 is 14.5 Å². The third-order valence-corrected chi connectivity index (χ3v) is 4.03. The SMILES string of the molecule is CCOC(=O)c1c(Br)nn(C)c1N1CCN(C(C)=O)CC1. The van der Waals surface area contributed by atoms with E-state index in [9.17, 15) is 9.59 Å². The van der Waals surface area contributed by atoms with E-state index in [1.54, 1.807) is 30.5 Å². The van der Waals surface area contributed by atoms with Gasteiger partial charge in [-0.15, -0.1) is 0 Å². The molecule has 1 aromatic rings. The lowest BCUT2D eigenvalue weighted by Gasteiger charge is -2.35. The molecule has 0 atom stereocenters. The molecule has 0 spiro atoms. The molecule has 2 rings (SSSR count). The molecule has 1 fully saturated rings. The monoisotopic (exact) mass is 358 g/mol. The Hall–Kier alpha value is -1.57. The zero-order chi connectivity index (χ0) is 15.6. The quantitative estimate of drug-likeness (QED) is 0.754. The normalized spacial score (nSPS) is 15.2. The number of esters is 1. The molecule has 1 saturated heterocycles. The first kappa shape index (κ1) is 15.8. The highest BCUT2D eigenvalue weighted by atomic mass is 79.9. The van der Waals surface area contributed by atoms with E-state index in [4.69, 9.17) is 4.74 Å². The summed E-state index contributed by atoms with van der Waals surface area (Å²) in [6.45, 7) is 6.27. The van der Waals surface area contributed by atoms with Crippen molar-refractivity contribution >= 4 is 33.6 Å². The Morgan fingerprint density at radius 3 is 2.43 bits per heavy atom. The molecule has 2 heterocycles. The van der Waals surface area contributed by atoms with Crippen LogP contribution in [-0.2, 0) is 16.6 Å². The van der Waals surface area contributed by atoms with Gasteiger partial charge in [0.2, 0.25) is 5.91 Å². The first-order valence-electron chi connectivity index (χ1n) is 6.85. The number of carbonyl (C=O) groups excluding carboxylic acids is 2. The number of ether oxygens (including phenoxy) is 1. The van der Waals surface area contributed by atoms with Crippen LogP contribution in [0.3, 0.4) is 0 Å². The molecule has 1 aromatic heterocycles. The zero-order valence-corrected chi connectivity index (χ0v) is 14.0. The van der Waals surface area contributed by atoms with Crippen molar-refractivity contribution in [2.75, 3.05) is 37.7 Å². The molecule has 8 heteroatoms. The Balaban J connectivity index is 2.24. The second-order valence-corrected chi connectivity index (χ2v) is 5.58. The molecule has 21 heavy (non-hydrogen) atoms. The average molecular weight is 359 g/mol. The summed E-state index contributed by atoms with van der Waals surface area (Å²) in [5.74, 6) is 0.413. The molecule has 1 amide bonds. The molecule has 0 bridgehead atoms. The van der Waals surface area contributed by atoms with Gasteiger partial charge in [0.05, 0.1) is 6.61 Å². The fourth-order valence-corrected chi connectivity index (χ4v) is 3.03. The largest absolute Gasteiger partial charge is 0.462 e. The van der Waals surface area contributed by atoms with Crippen LogP contribution >= 0.6 is 15.9 Å². The van der Waals surface area contributed by atoms with Crippen LogP contribution in [-0.4, -0.2) is 59.3 Å². The minimum atomic E-state index is -0.388. The van der Waals surface area contributed by atoms with E-state index >= 15 is 0 Å². The molecule has 1 aliphatic heterocycles. The number of hydrogen-bond donors (Lipinski definition) is 0. The fraction of sp³-hybridized carbons (Fsp3) is 0.615. The molecule has 0 radical (unpaired) electrons. The molecular formula is C13H19BrN4O3. The van der Waals surface area contributed by atoms with Crippen LogP contribution in [0.25, 0.3) is 0 Å². The summed E-state index contributed by atoms with van der Waals surface area (Å²) in [7, 11) is 1.79. The average Bonchev–Trinajstić information content (AvgIpc) is 2.73. The minimum Gasteiger partial charge on any atom is -0.462 e. The first-order chi connectivity index (χ1) is 9.95. The Morgan fingerprint density at radius 1 is 1.29 bits per heavy atom. The van der Waals surface area contributed by atoms with Crippen LogP contribution in [0, 0.1) is 0 Å². The summed E-state index contributed by atoms with van der Waals surface area (Å²) in [6, 6.07) is 0. The van der Waals surface area contributed by atoms with E-state index in [0.717, 1.165) is 5.82 Å². The van der Waals surface area contributed by atoms with Crippen molar-refractivity contribution in [3.63, 3.8) is 0 Å². The van der Waals surface area contributed by atoms with Crippen LogP contribution in [0.5, 0.6) is 0 Å². The Bertz CT molecular complexity index is 550. The van der Waals surface area contributed by atoms with Gasteiger partial charge >= 0.3 is 5.97 Å². The summed E-state index contributed by atoms with van der Waals surface area (Å²) in [5, 5.41) is 4.25. The Kier molecular flexibility index (Phi) is 4.87. The van der Waals surface area contributed by atoms with E-state index in [2.05, 4.69) is 25.9 Å². The first-order valence-corrected chi connectivity index (χ1v) is 7.65. The smallest absolute Gasteiger partial charge is 0.344 e. The lowest BCUT2D eigenvalue weighted by Crippen LogP contribution is -2.49. The molecule has 116 valence electrons. The van der Waals surface area contributed by atoms with E-state index in [1.807, 2.05) is 0 Å². The van der Waals surface area contributed by atoms with E-state index < -0.39 is 0 Å². The molecule has 7 nitrogen and oxygen atoms in total. The van der Waals surface area contributed by atoms with Gasteiger partial charge in [-0.3, -0.25) is 9.48 Å². The maximum absolute atomic E-state index is 12.1. The van der Waals surface area contributed by atoms with Crippen LogP contribution < -0.4 is 4.90 Å². The van der Waals surface area contributed by atoms with Gasteiger partial charge in [-0.25, -0.2) is 4.79 Å². The maximum atomic E-state index is 12.1. The second kappa shape index (κ2) is 6.46. The topological polar surface area (TPSA) is 67.7 Å². The van der Waals surface area contributed by atoms with Crippen molar-refractivity contribution in [1.29, 1.82) is 0 Å². The van der Waals surface area contributed by atoms with Crippen LogP contribution in [0.2, 0.25) is 0 Å². The van der Waals surface area contributed by atoms with Gasteiger partial charge in [0.1, 0.15) is 16.0 Å². The minimum absolute atomic E-state index is 0.0754. The van der Waals surface area contributed by atoms with Crippen molar-refractivity contribution < 1.29 is 14.3 Å². The number of halogens is 1. The van der Waals surface area contributed by atoms with Crippen molar-refractivity contribution in [1.82, 2.24) is 14.7 Å². The predicted molar refractivity (Wildman–Crippen MR) is 81.3 cm³/mol. The Morgan fingerprint density at radius 2 is 1.90 bits per heavy atom. The number of anilines is 1. The highest BCUT2D eigenvalue weighted by Crippen LogP contribution is 2.28. The van der Waals surface area contributed by atoms with Gasteiger partial charge in [0.15, 0.2) is 0 Å². The summed E-state index contributed by atoms with van der Waals surface area (Å²) < 4.78 is 7.25. The van der Waals surface area contributed by atoms with Crippen molar-refractivity contribution in [3.05, 3.63) is 10.2 Å². The molecular weight excluding hydrogens is 340 g/mol. The van der Waals surface area contributed by atoms with Gasteiger partial charge in [-0.2, -0.15) is 5.10 Å². The van der Waals surface area contributed by atoms with E-state index in [-0.39, 0.29) is 11.9 Å². The zero-order valence-electron chi connectivity index (χ0n) is 12.4.